The van der Waals surface area contributed by atoms with E-state index in [1.165, 1.54) is 32.2 Å². The van der Waals surface area contributed by atoms with Crippen molar-refractivity contribution in [3.05, 3.63) is 52.1 Å². The highest BCUT2D eigenvalue weighted by atomic mass is 32.1. The molecule has 3 rings (SSSR count). The van der Waals surface area contributed by atoms with Gasteiger partial charge in [0.25, 0.3) is 11.5 Å². The third kappa shape index (κ3) is 19.9. The molecule has 0 aliphatic rings. The van der Waals surface area contributed by atoms with Gasteiger partial charge in [-0.15, -0.1) is 0 Å². The molecule has 6 atom stereocenters. The molecule has 2 heterocycles. The molecule has 6 amide bonds. The predicted molar refractivity (Wildman–Crippen MR) is 259 cm³/mol. The number of aliphatic carboxylic acids is 4. The molecule has 0 saturated carbocycles. The first kappa shape index (κ1) is 58.7. The number of hydrogen-bond donors (Lipinski definition) is 16. The highest BCUT2D eigenvalue weighted by molar-refractivity contribution is 7.81. The van der Waals surface area contributed by atoms with Gasteiger partial charge in [-0.1, -0.05) is 0 Å². The standard InChI is InChI=1S/C42H57N15O15S/c1-18(49-33(65)19-7-9-20(10-8-19)47-16-21-17-48-32-30(50-21)38(70)57-41(45)56-32)6-11-26(58)51-23(13-27(59)60)35(67)52-22(5-4-12-46-40(43)44)34(66)53-24(14-28(61)62)36(68)54-25(15-29(63)64)37(69)55-31(39(71)72)42(2,3)73/h7-10,17-18,22-25,31,47,73H,4-6,11-16H2,1-3H3,(H,49,65)(H,51,58)(H,52,67)(H,53,66)(H,54,68)(H,55,69)(H,59,60)(H,61,62)(H,63,64)(H,71,72)(H4,43,44,46)(H3,45,48,56,57,70)/t18-,22+,23+,24+,25+,31-/m1/s1. The van der Waals surface area contributed by atoms with Gasteiger partial charge < -0.3 is 74.8 Å². The number of aliphatic imine (C=N–C) groups is 1. The summed E-state index contributed by atoms with van der Waals surface area (Å²) in [6.45, 7) is 4.28. The van der Waals surface area contributed by atoms with Crippen LogP contribution in [0, 0.1) is 0 Å². The number of nitrogens with zero attached hydrogens (tertiary/aromatic N) is 4. The summed E-state index contributed by atoms with van der Waals surface area (Å²) in [6.07, 6.45) is -2.59. The topological polar surface area (TPSA) is 498 Å². The highest BCUT2D eigenvalue weighted by Crippen LogP contribution is 2.18. The summed E-state index contributed by atoms with van der Waals surface area (Å²) in [5.41, 5.74) is 17.1. The first-order valence-electron chi connectivity index (χ1n) is 22.0. The first-order chi connectivity index (χ1) is 34.1. The number of carbonyl (C=O) groups is 10. The molecule has 0 saturated heterocycles. The molecule has 0 spiro atoms. The van der Waals surface area contributed by atoms with E-state index in [0.29, 0.717) is 11.4 Å². The Labute approximate surface area is 419 Å². The summed E-state index contributed by atoms with van der Waals surface area (Å²) < 4.78 is -1.40. The number of carboxylic acids is 4. The number of fused-ring (bicyclic) bond motifs is 1. The zero-order valence-corrected chi connectivity index (χ0v) is 40.4. The Bertz CT molecular complexity index is 2640. The van der Waals surface area contributed by atoms with Crippen molar-refractivity contribution in [1.82, 2.24) is 51.8 Å². The summed E-state index contributed by atoms with van der Waals surface area (Å²) in [4.78, 5) is 158. The number of nitrogen functional groups attached to an aromatic ring is 1. The van der Waals surface area contributed by atoms with Crippen molar-refractivity contribution in [2.45, 2.75) is 113 Å². The van der Waals surface area contributed by atoms with Gasteiger partial charge in [0.15, 0.2) is 17.1 Å². The van der Waals surface area contributed by atoms with E-state index >= 15 is 0 Å². The molecule has 0 unspecified atom stereocenters. The molecule has 0 fully saturated rings. The zero-order valence-electron chi connectivity index (χ0n) is 39.5. The summed E-state index contributed by atoms with van der Waals surface area (Å²) >= 11 is 4.13. The molecule has 73 heavy (non-hydrogen) atoms. The largest absolute Gasteiger partial charge is 0.481 e. The van der Waals surface area contributed by atoms with Crippen molar-refractivity contribution >= 4 is 101 Å². The van der Waals surface area contributed by atoms with Crippen LogP contribution >= 0.6 is 12.6 Å². The van der Waals surface area contributed by atoms with Crippen molar-refractivity contribution in [1.29, 1.82) is 0 Å². The monoisotopic (exact) mass is 1040 g/mol. The molecule has 0 bridgehead atoms. The number of thiol groups is 1. The second kappa shape index (κ2) is 27.1. The van der Waals surface area contributed by atoms with E-state index in [2.05, 4.69) is 69.5 Å². The fourth-order valence-corrected chi connectivity index (χ4v) is 6.68. The Balaban J connectivity index is 1.67. The molecule has 0 radical (unpaired) electrons. The van der Waals surface area contributed by atoms with Crippen LogP contribution < -0.4 is 60.0 Å². The molecule has 2 aromatic heterocycles. The van der Waals surface area contributed by atoms with E-state index in [0.717, 1.165) is 0 Å². The maximum absolute atomic E-state index is 13.7. The van der Waals surface area contributed by atoms with Gasteiger partial charge in [-0.3, -0.25) is 57.9 Å². The number of aromatic nitrogens is 4. The number of anilines is 2. The number of nitrogens with one attached hydrogen (secondary N) is 8. The van der Waals surface area contributed by atoms with Gasteiger partial charge in [-0.05, 0) is 64.3 Å². The van der Waals surface area contributed by atoms with Gasteiger partial charge in [-0.2, -0.15) is 17.6 Å². The number of guanidine groups is 1. The summed E-state index contributed by atoms with van der Waals surface area (Å²) in [5.74, 6) is -13.4. The Morgan fingerprint density at radius 2 is 1.26 bits per heavy atom. The predicted octanol–water partition coefficient (Wildman–Crippen LogP) is -3.50. The normalized spacial score (nSPS) is 13.5. The number of rotatable bonds is 29. The van der Waals surface area contributed by atoms with E-state index in [-0.39, 0.29) is 67.4 Å². The summed E-state index contributed by atoms with van der Waals surface area (Å²) in [6, 6.07) is -3.64. The van der Waals surface area contributed by atoms with E-state index < -0.39 is 125 Å². The number of nitrogens with two attached hydrogens (primary N) is 3. The lowest BCUT2D eigenvalue weighted by Gasteiger charge is -2.29. The molecular weight excluding hydrogens is 987 g/mol. The highest BCUT2D eigenvalue weighted by Gasteiger charge is 2.38. The Kier molecular flexibility index (Phi) is 21.8. The van der Waals surface area contributed by atoms with Gasteiger partial charge in [0.2, 0.25) is 35.5 Å². The molecule has 1 aromatic carbocycles. The smallest absolute Gasteiger partial charge is 0.327 e. The number of carbonyl (C=O) groups excluding carboxylic acids is 6. The number of carboxylic acid groups (broad SMARTS) is 4. The van der Waals surface area contributed by atoms with E-state index in [4.69, 9.17) is 17.2 Å². The van der Waals surface area contributed by atoms with Crippen molar-refractivity contribution in [3.63, 3.8) is 0 Å². The van der Waals surface area contributed by atoms with E-state index in [1.54, 1.807) is 19.1 Å². The second-order valence-electron chi connectivity index (χ2n) is 16.8. The lowest BCUT2D eigenvalue weighted by molar-refractivity contribution is -0.145. The summed E-state index contributed by atoms with van der Waals surface area (Å²) in [7, 11) is 0. The van der Waals surface area contributed by atoms with Crippen LogP contribution in [0.15, 0.2) is 40.2 Å². The molecule has 396 valence electrons. The summed E-state index contributed by atoms with van der Waals surface area (Å²) in [5, 5.41) is 54.8. The van der Waals surface area contributed by atoms with Crippen LogP contribution in [-0.2, 0) is 49.7 Å². The van der Waals surface area contributed by atoms with Crippen LogP contribution in [0.25, 0.3) is 11.2 Å². The third-order valence-corrected chi connectivity index (χ3v) is 10.4. The number of H-pyrrole nitrogens is 1. The third-order valence-electron chi connectivity index (χ3n) is 10.2. The Morgan fingerprint density at radius 3 is 1.78 bits per heavy atom. The number of benzene rings is 1. The molecule has 3 aromatic rings. The molecule has 0 aliphatic heterocycles. The maximum atomic E-state index is 13.7. The van der Waals surface area contributed by atoms with E-state index in [9.17, 15) is 73.2 Å². The first-order valence-corrected chi connectivity index (χ1v) is 22.4. The SMILES string of the molecule is C[C@H](CCC(=O)N[C@@H](CC(=O)O)C(=O)N[C@@H](CCCN=C(N)N)C(=O)N[C@@H](CC(=O)O)C(=O)N[C@@H](CC(=O)O)C(=O)N[C@H](C(=O)O)C(C)(C)S)NC(=O)c1ccc(NCc2cnc3nc(N)[nH]c(=O)c3n2)cc1. The minimum Gasteiger partial charge on any atom is -0.481 e. The Morgan fingerprint density at radius 1 is 0.740 bits per heavy atom. The lowest BCUT2D eigenvalue weighted by Crippen LogP contribution is -2.60. The second-order valence-corrected chi connectivity index (χ2v) is 18.0. The van der Waals surface area contributed by atoms with Gasteiger partial charge in [0, 0.05) is 35.0 Å². The van der Waals surface area contributed by atoms with Crippen molar-refractivity contribution in [3.8, 4) is 0 Å². The van der Waals surface area contributed by atoms with Crippen LogP contribution in [0.4, 0.5) is 11.6 Å². The van der Waals surface area contributed by atoms with Crippen LogP contribution in [0.5, 0.6) is 0 Å². The van der Waals surface area contributed by atoms with Gasteiger partial charge >= 0.3 is 23.9 Å². The average molecular weight is 1040 g/mol. The van der Waals surface area contributed by atoms with Crippen LogP contribution in [0.2, 0.25) is 0 Å². The van der Waals surface area contributed by atoms with E-state index in [1.807, 2.05) is 5.32 Å². The number of hydrogen-bond acceptors (Lipinski definition) is 18. The fourth-order valence-electron chi connectivity index (χ4n) is 6.51. The molecule has 18 N–H and O–H groups in total. The fraction of sp³-hybridized carbons (Fsp3) is 0.452. The Hall–Kier alpha value is -8.64. The molecular formula is C42H57N15O15S. The number of aromatic amines is 1. The lowest BCUT2D eigenvalue weighted by atomic mass is 10.0. The zero-order chi connectivity index (χ0) is 54.7. The van der Waals surface area contributed by atoms with Crippen LogP contribution in [0.1, 0.15) is 81.8 Å². The van der Waals surface area contributed by atoms with Gasteiger partial charge in [0.05, 0.1) is 37.7 Å². The minimum atomic E-state index is -2.06. The molecule has 31 heteroatoms. The van der Waals surface area contributed by atoms with Gasteiger partial charge in [-0.25, -0.2) is 14.8 Å². The molecule has 0 aliphatic carbocycles. The van der Waals surface area contributed by atoms with Gasteiger partial charge in [0.1, 0.15) is 30.2 Å². The van der Waals surface area contributed by atoms with Crippen molar-refractivity contribution in [2.75, 3.05) is 17.6 Å². The van der Waals surface area contributed by atoms with Crippen molar-refractivity contribution in [2.24, 2.45) is 16.5 Å². The van der Waals surface area contributed by atoms with Crippen LogP contribution in [0.3, 0.4) is 0 Å². The number of amides is 6. The minimum absolute atomic E-state index is 0.00150. The quantitative estimate of drug-likeness (QED) is 0.0139. The van der Waals surface area contributed by atoms with Crippen LogP contribution in [-0.4, -0.2) is 153 Å². The average Bonchev–Trinajstić information content (AvgIpc) is 3.28. The molecule has 30 nitrogen and oxygen atoms in total. The van der Waals surface area contributed by atoms with Crippen molar-refractivity contribution < 1.29 is 68.4 Å². The maximum Gasteiger partial charge on any atom is 0.327 e.